The number of benzene rings is 2. The Labute approximate surface area is 173 Å². The van der Waals surface area contributed by atoms with Gasteiger partial charge in [0.1, 0.15) is 10.8 Å². The highest BCUT2D eigenvalue weighted by molar-refractivity contribution is 7.13. The minimum atomic E-state index is -0.739. The van der Waals surface area contributed by atoms with E-state index in [9.17, 15) is 9.18 Å². The number of rotatable bonds is 9. The molecule has 1 aromatic heterocycles. The van der Waals surface area contributed by atoms with Crippen LogP contribution in [0.5, 0.6) is 11.5 Å². The molecule has 0 radical (unpaired) electrons. The molecule has 3 rings (SSSR count). The Bertz CT molecular complexity index is 943. The van der Waals surface area contributed by atoms with Crippen LogP contribution in [0.3, 0.4) is 0 Å². The van der Waals surface area contributed by atoms with Crippen LogP contribution in [0.4, 0.5) is 4.39 Å². The number of carbonyl (C=O) groups excluding carboxylic acids is 1. The van der Waals surface area contributed by atoms with Gasteiger partial charge in [0.05, 0.1) is 12.8 Å². The highest BCUT2D eigenvalue weighted by Crippen LogP contribution is 2.25. The second kappa shape index (κ2) is 10.0. The maximum atomic E-state index is 13.7. The van der Waals surface area contributed by atoms with Gasteiger partial charge >= 0.3 is 0 Å². The molecule has 0 aliphatic heterocycles. The fourth-order valence-electron chi connectivity index (χ4n) is 2.73. The summed E-state index contributed by atoms with van der Waals surface area (Å²) in [6.07, 6.45) is 0.310. The van der Waals surface area contributed by atoms with Gasteiger partial charge in [-0.1, -0.05) is 19.1 Å². The van der Waals surface area contributed by atoms with E-state index < -0.39 is 11.9 Å². The van der Waals surface area contributed by atoms with Crippen LogP contribution in [0.25, 0.3) is 10.6 Å². The van der Waals surface area contributed by atoms with Gasteiger partial charge in [0.25, 0.3) is 5.91 Å². The van der Waals surface area contributed by atoms with Crippen molar-refractivity contribution in [3.8, 4) is 22.1 Å². The van der Waals surface area contributed by atoms with Gasteiger partial charge in [-0.05, 0) is 42.8 Å². The van der Waals surface area contributed by atoms with E-state index in [-0.39, 0.29) is 11.7 Å². The highest BCUT2D eigenvalue weighted by atomic mass is 32.1. The third-order valence-electron chi connectivity index (χ3n) is 4.34. The molecule has 3 aromatic rings. The van der Waals surface area contributed by atoms with Gasteiger partial charge in [0.15, 0.2) is 17.7 Å². The number of thiazole rings is 1. The van der Waals surface area contributed by atoms with Crippen molar-refractivity contribution in [2.24, 2.45) is 0 Å². The van der Waals surface area contributed by atoms with E-state index >= 15 is 0 Å². The lowest BCUT2D eigenvalue weighted by Crippen LogP contribution is -2.39. The molecule has 1 amide bonds. The first-order valence-corrected chi connectivity index (χ1v) is 10.3. The molecule has 0 saturated carbocycles. The van der Waals surface area contributed by atoms with Crippen molar-refractivity contribution >= 4 is 17.2 Å². The summed E-state index contributed by atoms with van der Waals surface area (Å²) >= 11 is 1.56. The van der Waals surface area contributed by atoms with Crippen LogP contribution < -0.4 is 14.8 Å². The van der Waals surface area contributed by atoms with Gasteiger partial charge in [-0.25, -0.2) is 9.37 Å². The maximum absolute atomic E-state index is 13.7. The van der Waals surface area contributed by atoms with Crippen LogP contribution >= 0.6 is 11.3 Å². The summed E-state index contributed by atoms with van der Waals surface area (Å²) in [5.74, 6) is 0.142. The molecule has 0 aliphatic carbocycles. The molecule has 0 bridgehead atoms. The fourth-order valence-corrected chi connectivity index (χ4v) is 3.59. The van der Waals surface area contributed by atoms with Crippen LogP contribution in [-0.4, -0.2) is 30.6 Å². The number of hydrogen-bond acceptors (Lipinski definition) is 5. The quantitative estimate of drug-likeness (QED) is 0.561. The lowest BCUT2D eigenvalue weighted by atomic mass is 10.2. The first-order chi connectivity index (χ1) is 14.1. The summed E-state index contributed by atoms with van der Waals surface area (Å²) < 4.78 is 24.4. The molecule has 5 nitrogen and oxygen atoms in total. The van der Waals surface area contributed by atoms with Gasteiger partial charge in [-0.15, -0.1) is 11.3 Å². The number of nitrogens with one attached hydrogen (secondary N) is 1. The average molecular weight is 415 g/mol. The van der Waals surface area contributed by atoms with Gasteiger partial charge in [0, 0.05) is 23.9 Å². The Morgan fingerprint density at radius 2 is 1.97 bits per heavy atom. The smallest absolute Gasteiger partial charge is 0.261 e. The number of aromatic nitrogens is 1. The molecule has 7 heteroatoms. The van der Waals surface area contributed by atoms with Crippen molar-refractivity contribution in [1.82, 2.24) is 10.3 Å². The van der Waals surface area contributed by atoms with Gasteiger partial charge in [-0.2, -0.15) is 0 Å². The monoisotopic (exact) mass is 414 g/mol. The van der Waals surface area contributed by atoms with Crippen molar-refractivity contribution < 1.29 is 18.7 Å². The van der Waals surface area contributed by atoms with Crippen molar-refractivity contribution in [3.63, 3.8) is 0 Å². The van der Waals surface area contributed by atoms with Crippen molar-refractivity contribution in [2.45, 2.75) is 25.9 Å². The second-order valence-electron chi connectivity index (χ2n) is 6.36. The van der Waals surface area contributed by atoms with E-state index in [0.29, 0.717) is 19.4 Å². The molecule has 1 N–H and O–H groups in total. The van der Waals surface area contributed by atoms with Crippen LogP contribution in [0.2, 0.25) is 0 Å². The zero-order valence-electron chi connectivity index (χ0n) is 16.4. The summed E-state index contributed by atoms with van der Waals surface area (Å²) in [6.45, 7) is 2.26. The second-order valence-corrected chi connectivity index (χ2v) is 7.22. The molecule has 29 heavy (non-hydrogen) atoms. The summed E-state index contributed by atoms with van der Waals surface area (Å²) in [4.78, 5) is 17.0. The third-order valence-corrected chi connectivity index (χ3v) is 5.28. The predicted molar refractivity (Wildman–Crippen MR) is 112 cm³/mol. The highest BCUT2D eigenvalue weighted by Gasteiger charge is 2.19. The van der Waals surface area contributed by atoms with Crippen LogP contribution in [0.1, 0.15) is 19.0 Å². The fraction of sp³-hybridized carbons (Fsp3) is 0.273. The molecule has 0 spiro atoms. The minimum absolute atomic E-state index is 0.0816. The molecular weight excluding hydrogens is 391 g/mol. The minimum Gasteiger partial charge on any atom is -0.497 e. The van der Waals surface area contributed by atoms with Crippen molar-refractivity contribution in [2.75, 3.05) is 13.7 Å². The lowest BCUT2D eigenvalue weighted by Gasteiger charge is -2.17. The first-order valence-electron chi connectivity index (χ1n) is 9.38. The number of hydrogen-bond donors (Lipinski definition) is 1. The molecular formula is C22H23FN2O3S. The number of nitrogens with zero attached hydrogens (tertiary/aromatic N) is 1. The van der Waals surface area contributed by atoms with Crippen LogP contribution in [-0.2, 0) is 11.2 Å². The molecule has 1 atom stereocenters. The normalized spacial score (nSPS) is 11.7. The summed E-state index contributed by atoms with van der Waals surface area (Å²) in [6, 6.07) is 13.8. The van der Waals surface area contributed by atoms with Crippen LogP contribution in [0, 0.1) is 5.82 Å². The van der Waals surface area contributed by atoms with E-state index in [1.165, 1.54) is 12.1 Å². The lowest BCUT2D eigenvalue weighted by molar-refractivity contribution is -0.128. The number of amides is 1. The number of ether oxygens (including phenoxy) is 2. The number of para-hydroxylation sites is 1. The Morgan fingerprint density at radius 3 is 2.66 bits per heavy atom. The molecule has 1 heterocycles. The van der Waals surface area contributed by atoms with Crippen LogP contribution in [0.15, 0.2) is 53.9 Å². The molecule has 0 unspecified atom stereocenters. The molecule has 2 aromatic carbocycles. The number of methoxy groups -OCH3 is 1. The Kier molecular flexibility index (Phi) is 7.19. The topological polar surface area (TPSA) is 60.5 Å². The van der Waals surface area contributed by atoms with E-state index in [1.807, 2.05) is 36.6 Å². The average Bonchev–Trinajstić information content (AvgIpc) is 3.22. The standard InChI is InChI=1S/C22H23FN2O3S/c1-3-19(28-20-7-5-4-6-18(20)23)21(26)24-13-12-16-14-29-22(25-16)15-8-10-17(27-2)11-9-15/h4-11,14,19H,3,12-13H2,1-2H3,(H,24,26)/t19-/m0/s1. The summed E-state index contributed by atoms with van der Waals surface area (Å²) in [7, 11) is 1.63. The van der Waals surface area contributed by atoms with E-state index in [0.717, 1.165) is 22.0 Å². The largest absolute Gasteiger partial charge is 0.497 e. The molecule has 0 aliphatic rings. The molecule has 152 valence electrons. The zero-order chi connectivity index (χ0) is 20.6. The van der Waals surface area contributed by atoms with Crippen molar-refractivity contribution in [1.29, 1.82) is 0 Å². The summed E-state index contributed by atoms with van der Waals surface area (Å²) in [5, 5.41) is 5.75. The van der Waals surface area contributed by atoms with Gasteiger partial charge in [0.2, 0.25) is 0 Å². The molecule has 0 fully saturated rings. The van der Waals surface area contributed by atoms with E-state index in [1.54, 1.807) is 30.6 Å². The van der Waals surface area contributed by atoms with Gasteiger partial charge < -0.3 is 14.8 Å². The third kappa shape index (κ3) is 5.54. The van der Waals surface area contributed by atoms with E-state index in [2.05, 4.69) is 10.3 Å². The first kappa shape index (κ1) is 20.8. The maximum Gasteiger partial charge on any atom is 0.261 e. The Morgan fingerprint density at radius 1 is 1.21 bits per heavy atom. The Hall–Kier alpha value is -2.93. The molecule has 0 saturated heterocycles. The summed E-state index contributed by atoms with van der Waals surface area (Å²) in [5.41, 5.74) is 1.93. The Balaban J connectivity index is 1.51. The van der Waals surface area contributed by atoms with Crippen molar-refractivity contribution in [3.05, 3.63) is 65.4 Å². The SMILES string of the molecule is CC[C@H](Oc1ccccc1F)C(=O)NCCc1csc(-c2ccc(OC)cc2)n1. The van der Waals surface area contributed by atoms with Gasteiger partial charge in [-0.3, -0.25) is 4.79 Å². The number of halogens is 1. The predicted octanol–water partition coefficient (Wildman–Crippen LogP) is 4.47. The van der Waals surface area contributed by atoms with E-state index in [4.69, 9.17) is 9.47 Å². The number of carbonyl (C=O) groups is 1. The zero-order valence-corrected chi connectivity index (χ0v) is 17.2.